The van der Waals surface area contributed by atoms with Crippen LogP contribution in [0.3, 0.4) is 0 Å². The lowest BCUT2D eigenvalue weighted by atomic mass is 9.90. The van der Waals surface area contributed by atoms with Crippen LogP contribution in [0, 0.1) is 11.3 Å². The Morgan fingerprint density at radius 1 is 1.42 bits per heavy atom. The monoisotopic (exact) mass is 423 g/mol. The Morgan fingerprint density at radius 2 is 2.12 bits per heavy atom. The zero-order valence-electron chi connectivity index (χ0n) is 15.7. The summed E-state index contributed by atoms with van der Waals surface area (Å²) < 4.78 is 27.5. The molecule has 0 saturated carbocycles. The lowest BCUT2D eigenvalue weighted by Crippen LogP contribution is -2.34. The number of nitrogens with one attached hydrogen (secondary N) is 1. The van der Waals surface area contributed by atoms with Crippen LogP contribution in [0.25, 0.3) is 0 Å². The fourth-order valence-corrected chi connectivity index (χ4v) is 5.98. The summed E-state index contributed by atoms with van der Waals surface area (Å²) in [4.78, 5) is 12.6. The number of halogens is 1. The van der Waals surface area contributed by atoms with Crippen molar-refractivity contribution in [3.05, 3.63) is 17.0 Å². The van der Waals surface area contributed by atoms with Gasteiger partial charge in [0.2, 0.25) is 5.91 Å². The lowest BCUT2D eigenvalue weighted by Gasteiger charge is -2.21. The Morgan fingerprint density at radius 3 is 2.69 bits per heavy atom. The van der Waals surface area contributed by atoms with Crippen molar-refractivity contribution in [2.45, 2.75) is 44.2 Å². The molecule has 0 spiro atoms. The third-order valence-electron chi connectivity index (χ3n) is 4.53. The van der Waals surface area contributed by atoms with Gasteiger partial charge in [0, 0.05) is 30.9 Å². The highest BCUT2D eigenvalue weighted by Gasteiger charge is 2.39. The normalized spacial score (nSPS) is 21.0. The molecule has 150 valence electrons. The summed E-state index contributed by atoms with van der Waals surface area (Å²) in [6.45, 7) is 8.06. The molecular weight excluding hydrogens is 394 g/mol. The first-order valence-corrected chi connectivity index (χ1v) is 11.0. The number of hydrogen-bond donors (Lipinski definition) is 2. The zero-order chi connectivity index (χ0) is 18.7. The van der Waals surface area contributed by atoms with Gasteiger partial charge in [0.05, 0.1) is 0 Å². The van der Waals surface area contributed by atoms with E-state index < -0.39 is 10.0 Å². The zero-order valence-corrected chi connectivity index (χ0v) is 18.1. The molecule has 3 N–H and O–H groups in total. The van der Waals surface area contributed by atoms with Gasteiger partial charge in [-0.1, -0.05) is 20.8 Å². The summed E-state index contributed by atoms with van der Waals surface area (Å²) in [7, 11) is -3.45. The van der Waals surface area contributed by atoms with Crippen LogP contribution in [0.1, 0.15) is 38.5 Å². The number of carbonyl (C=O) groups excluding carboxylic acids is 1. The van der Waals surface area contributed by atoms with E-state index in [1.165, 1.54) is 11.3 Å². The minimum atomic E-state index is -3.45. The van der Waals surface area contributed by atoms with Crippen LogP contribution in [0.5, 0.6) is 0 Å². The quantitative estimate of drug-likeness (QED) is 0.670. The molecule has 1 aliphatic rings. The van der Waals surface area contributed by atoms with Crippen molar-refractivity contribution < 1.29 is 13.2 Å². The molecule has 0 bridgehead atoms. The molecule has 1 saturated heterocycles. The molecule has 1 unspecified atom stereocenters. The van der Waals surface area contributed by atoms with Gasteiger partial charge in [-0.05, 0) is 42.9 Å². The number of nitrogens with two attached hydrogens (primary N) is 1. The fraction of sp³-hybridized carbons (Fsp3) is 0.706. The Kier molecular flexibility index (Phi) is 8.54. The summed E-state index contributed by atoms with van der Waals surface area (Å²) in [6.07, 6.45) is 1.95. The van der Waals surface area contributed by atoms with E-state index in [0.717, 1.165) is 11.3 Å². The van der Waals surface area contributed by atoms with Crippen LogP contribution in [0.15, 0.2) is 16.3 Å². The van der Waals surface area contributed by atoms with E-state index in [4.69, 9.17) is 5.73 Å². The Labute approximate surface area is 167 Å². The highest BCUT2D eigenvalue weighted by atomic mass is 35.5. The van der Waals surface area contributed by atoms with Crippen molar-refractivity contribution in [2.24, 2.45) is 17.1 Å². The molecule has 0 radical (unpaired) electrons. The Bertz CT molecular complexity index is 706. The van der Waals surface area contributed by atoms with Gasteiger partial charge >= 0.3 is 0 Å². The van der Waals surface area contributed by atoms with Gasteiger partial charge in [0.15, 0.2) is 0 Å². The topological polar surface area (TPSA) is 92.5 Å². The minimum Gasteiger partial charge on any atom is -0.356 e. The van der Waals surface area contributed by atoms with Gasteiger partial charge in [-0.2, -0.15) is 4.31 Å². The molecule has 0 aromatic carbocycles. The van der Waals surface area contributed by atoms with E-state index in [1.807, 2.05) is 26.8 Å². The van der Waals surface area contributed by atoms with Crippen molar-refractivity contribution in [3.63, 3.8) is 0 Å². The van der Waals surface area contributed by atoms with Crippen LogP contribution in [-0.4, -0.2) is 44.8 Å². The molecule has 2 rings (SSSR count). The summed E-state index contributed by atoms with van der Waals surface area (Å²) in [5.41, 5.74) is 5.64. The largest absolute Gasteiger partial charge is 0.356 e. The molecule has 1 aromatic heterocycles. The number of hydrogen-bond acceptors (Lipinski definition) is 5. The first-order valence-electron chi connectivity index (χ1n) is 8.72. The molecule has 1 aromatic rings. The predicted molar refractivity (Wildman–Crippen MR) is 108 cm³/mol. The van der Waals surface area contributed by atoms with Crippen LogP contribution < -0.4 is 11.1 Å². The average molecular weight is 424 g/mol. The van der Waals surface area contributed by atoms with Crippen LogP contribution in [0.4, 0.5) is 0 Å². The van der Waals surface area contributed by atoms with E-state index in [1.54, 1.807) is 10.4 Å². The molecule has 1 aliphatic heterocycles. The Balaban J connectivity index is 0.00000338. The smallest absolute Gasteiger partial charge is 0.252 e. The van der Waals surface area contributed by atoms with Gasteiger partial charge in [-0.25, -0.2) is 8.42 Å². The first kappa shape index (κ1) is 23.4. The first-order chi connectivity index (χ1) is 11.7. The number of rotatable bonds is 8. The third kappa shape index (κ3) is 5.92. The molecule has 26 heavy (non-hydrogen) atoms. The van der Waals surface area contributed by atoms with Crippen molar-refractivity contribution >= 4 is 39.7 Å². The van der Waals surface area contributed by atoms with Gasteiger partial charge in [0.1, 0.15) is 4.21 Å². The summed E-state index contributed by atoms with van der Waals surface area (Å²) in [5.74, 6) is 0.371. The van der Waals surface area contributed by atoms with Gasteiger partial charge in [0.25, 0.3) is 10.0 Å². The second-order valence-electron chi connectivity index (χ2n) is 7.52. The molecule has 9 heteroatoms. The minimum absolute atomic E-state index is 0. The van der Waals surface area contributed by atoms with E-state index in [-0.39, 0.29) is 23.7 Å². The molecule has 1 atom stereocenters. The summed E-state index contributed by atoms with van der Waals surface area (Å²) in [6, 6.07) is 3.51. The maximum Gasteiger partial charge on any atom is 0.252 e. The van der Waals surface area contributed by atoms with Gasteiger partial charge in [-0.3, -0.25) is 4.79 Å². The Hall–Kier alpha value is -0.670. The predicted octanol–water partition coefficient (Wildman–Crippen LogP) is 2.23. The van der Waals surface area contributed by atoms with Crippen LogP contribution in [-0.2, 0) is 21.2 Å². The molecule has 0 aliphatic carbocycles. The summed E-state index contributed by atoms with van der Waals surface area (Å²) in [5, 5.41) is 2.88. The van der Waals surface area contributed by atoms with Crippen LogP contribution in [0.2, 0.25) is 0 Å². The second-order valence-corrected chi connectivity index (χ2v) is 10.9. The molecule has 6 nitrogen and oxygen atoms in total. The van der Waals surface area contributed by atoms with Crippen LogP contribution >= 0.6 is 23.7 Å². The molecule has 1 amide bonds. The number of amides is 1. The third-order valence-corrected chi connectivity index (χ3v) is 7.99. The van der Waals surface area contributed by atoms with E-state index in [9.17, 15) is 13.2 Å². The van der Waals surface area contributed by atoms with E-state index in [0.29, 0.717) is 49.1 Å². The van der Waals surface area contributed by atoms with Gasteiger partial charge < -0.3 is 11.1 Å². The van der Waals surface area contributed by atoms with E-state index in [2.05, 4.69) is 5.32 Å². The maximum atomic E-state index is 12.8. The van der Waals surface area contributed by atoms with E-state index >= 15 is 0 Å². The average Bonchev–Trinajstić information content (AvgIpc) is 3.15. The summed E-state index contributed by atoms with van der Waals surface area (Å²) >= 11 is 1.29. The molecular formula is C17H30ClN3O3S2. The van der Waals surface area contributed by atoms with Crippen molar-refractivity contribution in [2.75, 3.05) is 26.2 Å². The fourth-order valence-electron chi connectivity index (χ4n) is 2.88. The molecule has 1 fully saturated rings. The number of sulfonamides is 1. The lowest BCUT2D eigenvalue weighted by molar-refractivity contribution is -0.121. The highest BCUT2D eigenvalue weighted by molar-refractivity contribution is 7.91. The number of thiophene rings is 1. The molecule has 2 heterocycles. The second kappa shape index (κ2) is 9.50. The standard InChI is InChI=1S/C17H29N3O3S2.ClH/c1-13(2)10-15(21)19-8-6-14-4-5-16(24-14)25(22,23)20-9-7-17(3,11-18)12-20;/h4-5,13H,6-12,18H2,1-3H3,(H,19,21);1H. The van der Waals surface area contributed by atoms with Gasteiger partial charge in [-0.15, -0.1) is 23.7 Å². The van der Waals surface area contributed by atoms with Crippen molar-refractivity contribution in [3.8, 4) is 0 Å². The number of carbonyl (C=O) groups is 1. The SMILES string of the molecule is CC(C)CC(=O)NCCc1ccc(S(=O)(=O)N2CCC(C)(CN)C2)s1.Cl. The maximum absolute atomic E-state index is 12.8. The number of nitrogens with zero attached hydrogens (tertiary/aromatic N) is 1. The van der Waals surface area contributed by atoms with Crippen molar-refractivity contribution in [1.82, 2.24) is 9.62 Å². The highest BCUT2D eigenvalue weighted by Crippen LogP contribution is 2.34. The van der Waals surface area contributed by atoms with Crippen molar-refractivity contribution in [1.29, 1.82) is 0 Å².